The molecule has 0 aliphatic carbocycles. The summed E-state index contributed by atoms with van der Waals surface area (Å²) in [6.07, 6.45) is -0.0431. The van der Waals surface area contributed by atoms with Crippen LogP contribution >= 0.6 is 0 Å². The maximum Gasteiger partial charge on any atom is 0.269 e. The second-order valence-electron chi connectivity index (χ2n) is 6.56. The molecule has 0 radical (unpaired) electrons. The van der Waals surface area contributed by atoms with E-state index in [0.29, 0.717) is 17.1 Å². The molecule has 2 rings (SSSR count). The van der Waals surface area contributed by atoms with E-state index in [0.717, 1.165) is 0 Å². The van der Waals surface area contributed by atoms with Crippen LogP contribution in [0.4, 0.5) is 0 Å². The van der Waals surface area contributed by atoms with Crippen molar-refractivity contribution in [2.24, 2.45) is 0 Å². The van der Waals surface area contributed by atoms with E-state index in [1.807, 2.05) is 13.8 Å². The zero-order valence-corrected chi connectivity index (χ0v) is 16.9. The van der Waals surface area contributed by atoms with Crippen LogP contribution in [0.1, 0.15) is 34.6 Å². The Balaban J connectivity index is 1.91. The first-order chi connectivity index (χ1) is 13.8. The summed E-state index contributed by atoms with van der Waals surface area (Å²) in [5.41, 5.74) is 5.38. The van der Waals surface area contributed by atoms with E-state index < -0.39 is 11.8 Å². The molecule has 0 saturated heterocycles. The normalized spacial score (nSPS) is 10.2. The second-order valence-corrected chi connectivity index (χ2v) is 6.56. The van der Waals surface area contributed by atoms with Crippen molar-refractivity contribution in [1.29, 1.82) is 0 Å². The molecule has 0 aliphatic rings. The fourth-order valence-corrected chi connectivity index (χ4v) is 2.49. The third kappa shape index (κ3) is 6.24. The Hall–Kier alpha value is -3.55. The SMILES string of the molecule is COc1cc(C(=O)NNC(=O)CN(C)C(=O)c2ccccc2)ccc1OC(C)C. The number of ether oxygens (including phenoxy) is 2. The summed E-state index contributed by atoms with van der Waals surface area (Å²) < 4.78 is 10.9. The van der Waals surface area contributed by atoms with Gasteiger partial charge in [0.05, 0.1) is 13.2 Å². The lowest BCUT2D eigenvalue weighted by Gasteiger charge is -2.17. The molecule has 2 N–H and O–H groups in total. The number of hydrogen-bond donors (Lipinski definition) is 2. The molecule has 0 heterocycles. The average Bonchev–Trinajstić information content (AvgIpc) is 2.71. The summed E-state index contributed by atoms with van der Waals surface area (Å²) in [5, 5.41) is 0. The highest BCUT2D eigenvalue weighted by atomic mass is 16.5. The first kappa shape index (κ1) is 21.7. The number of carbonyl (C=O) groups is 3. The average molecular weight is 399 g/mol. The minimum atomic E-state index is -0.531. The Labute approximate surface area is 169 Å². The smallest absolute Gasteiger partial charge is 0.269 e. The number of hydrogen-bond acceptors (Lipinski definition) is 5. The number of hydrazine groups is 1. The van der Waals surface area contributed by atoms with Crippen LogP contribution in [0.25, 0.3) is 0 Å². The molecule has 8 nitrogen and oxygen atoms in total. The molecule has 2 aromatic rings. The van der Waals surface area contributed by atoms with E-state index in [-0.39, 0.29) is 24.1 Å². The van der Waals surface area contributed by atoms with Crippen LogP contribution in [-0.2, 0) is 4.79 Å². The van der Waals surface area contributed by atoms with Gasteiger partial charge < -0.3 is 14.4 Å². The zero-order valence-electron chi connectivity index (χ0n) is 16.9. The van der Waals surface area contributed by atoms with Crippen LogP contribution in [0.2, 0.25) is 0 Å². The fraction of sp³-hybridized carbons (Fsp3) is 0.286. The van der Waals surface area contributed by atoms with E-state index in [9.17, 15) is 14.4 Å². The van der Waals surface area contributed by atoms with Crippen molar-refractivity contribution in [2.75, 3.05) is 20.7 Å². The van der Waals surface area contributed by atoms with Gasteiger partial charge in [0.1, 0.15) is 6.54 Å². The number of nitrogens with one attached hydrogen (secondary N) is 2. The number of benzene rings is 2. The Morgan fingerprint density at radius 3 is 2.28 bits per heavy atom. The van der Waals surface area contributed by atoms with E-state index in [1.54, 1.807) is 42.5 Å². The Kier molecular flexibility index (Phi) is 7.59. The van der Waals surface area contributed by atoms with Crippen LogP contribution in [0, 0.1) is 0 Å². The maximum absolute atomic E-state index is 12.3. The van der Waals surface area contributed by atoms with Gasteiger partial charge in [-0.05, 0) is 44.2 Å². The van der Waals surface area contributed by atoms with E-state index in [1.165, 1.54) is 25.1 Å². The molecule has 8 heteroatoms. The number of rotatable bonds is 7. The van der Waals surface area contributed by atoms with Crippen molar-refractivity contribution in [2.45, 2.75) is 20.0 Å². The Morgan fingerprint density at radius 2 is 1.66 bits per heavy atom. The number of likely N-dealkylation sites (N-methyl/N-ethyl adjacent to an activating group) is 1. The van der Waals surface area contributed by atoms with Gasteiger partial charge >= 0.3 is 0 Å². The summed E-state index contributed by atoms with van der Waals surface area (Å²) in [6.45, 7) is 3.56. The minimum absolute atomic E-state index is 0.0431. The van der Waals surface area contributed by atoms with Gasteiger partial charge in [-0.25, -0.2) is 0 Å². The van der Waals surface area contributed by atoms with Gasteiger partial charge in [0.2, 0.25) is 0 Å². The third-order valence-electron chi connectivity index (χ3n) is 3.85. The summed E-state index contributed by atoms with van der Waals surface area (Å²) in [4.78, 5) is 37.9. The summed E-state index contributed by atoms with van der Waals surface area (Å²) in [6, 6.07) is 13.3. The monoisotopic (exact) mass is 399 g/mol. The van der Waals surface area contributed by atoms with Crippen molar-refractivity contribution >= 4 is 17.7 Å². The molecule has 154 valence electrons. The molecule has 0 aromatic heterocycles. The molecular formula is C21H25N3O5. The van der Waals surface area contributed by atoms with Crippen LogP contribution < -0.4 is 20.3 Å². The molecule has 0 bridgehead atoms. The largest absolute Gasteiger partial charge is 0.493 e. The lowest BCUT2D eigenvalue weighted by molar-refractivity contribution is -0.122. The van der Waals surface area contributed by atoms with Gasteiger partial charge in [-0.1, -0.05) is 18.2 Å². The van der Waals surface area contributed by atoms with Crippen molar-refractivity contribution in [3.05, 3.63) is 59.7 Å². The highest BCUT2D eigenvalue weighted by Crippen LogP contribution is 2.28. The van der Waals surface area contributed by atoms with Gasteiger partial charge in [0.25, 0.3) is 17.7 Å². The molecule has 29 heavy (non-hydrogen) atoms. The minimum Gasteiger partial charge on any atom is -0.493 e. The molecule has 3 amide bonds. The first-order valence-electron chi connectivity index (χ1n) is 9.06. The molecule has 0 aliphatic heterocycles. The van der Waals surface area contributed by atoms with Gasteiger partial charge in [0.15, 0.2) is 11.5 Å². The molecule has 0 atom stereocenters. The van der Waals surface area contributed by atoms with Crippen molar-refractivity contribution in [3.63, 3.8) is 0 Å². The highest BCUT2D eigenvalue weighted by Gasteiger charge is 2.16. The predicted octanol–water partition coefficient (Wildman–Crippen LogP) is 2.02. The molecule has 0 spiro atoms. The lowest BCUT2D eigenvalue weighted by atomic mass is 10.2. The first-order valence-corrected chi connectivity index (χ1v) is 9.06. The zero-order chi connectivity index (χ0) is 21.4. The van der Waals surface area contributed by atoms with Gasteiger partial charge in [-0.3, -0.25) is 25.2 Å². The summed E-state index contributed by atoms with van der Waals surface area (Å²) in [5.74, 6) is -0.422. The van der Waals surface area contributed by atoms with Crippen LogP contribution in [0.3, 0.4) is 0 Å². The van der Waals surface area contributed by atoms with Crippen LogP contribution in [0.15, 0.2) is 48.5 Å². The van der Waals surface area contributed by atoms with Crippen LogP contribution in [-0.4, -0.2) is 49.4 Å². The number of methoxy groups -OCH3 is 1. The maximum atomic E-state index is 12.3. The second kappa shape index (κ2) is 10.1. The Bertz CT molecular complexity index is 868. The molecular weight excluding hydrogens is 374 g/mol. The summed E-state index contributed by atoms with van der Waals surface area (Å²) in [7, 11) is 2.99. The van der Waals surface area contributed by atoms with Gasteiger partial charge in [-0.2, -0.15) is 0 Å². The quantitative estimate of drug-likeness (QED) is 0.695. The summed E-state index contributed by atoms with van der Waals surface area (Å²) >= 11 is 0. The van der Waals surface area contributed by atoms with Crippen molar-refractivity contribution < 1.29 is 23.9 Å². The topological polar surface area (TPSA) is 97.0 Å². The Morgan fingerprint density at radius 1 is 0.966 bits per heavy atom. The van der Waals surface area contributed by atoms with E-state index in [4.69, 9.17) is 9.47 Å². The van der Waals surface area contributed by atoms with Gasteiger partial charge in [-0.15, -0.1) is 0 Å². The standard InChI is InChI=1S/C21H25N3O5/c1-14(2)29-17-11-10-16(12-18(17)28-4)20(26)23-22-19(25)13-24(3)21(27)15-8-6-5-7-9-15/h5-12,14H,13H2,1-4H3,(H,22,25)(H,23,26). The van der Waals surface area contributed by atoms with Gasteiger partial charge in [0, 0.05) is 18.2 Å². The lowest BCUT2D eigenvalue weighted by Crippen LogP contribution is -2.46. The van der Waals surface area contributed by atoms with E-state index >= 15 is 0 Å². The van der Waals surface area contributed by atoms with E-state index in [2.05, 4.69) is 10.9 Å². The molecule has 0 saturated carbocycles. The number of amides is 3. The molecule has 2 aromatic carbocycles. The molecule has 0 unspecified atom stereocenters. The third-order valence-corrected chi connectivity index (χ3v) is 3.85. The van der Waals surface area contributed by atoms with Crippen LogP contribution in [0.5, 0.6) is 11.5 Å². The van der Waals surface area contributed by atoms with Crippen molar-refractivity contribution in [3.8, 4) is 11.5 Å². The number of nitrogens with zero attached hydrogens (tertiary/aromatic N) is 1. The fourth-order valence-electron chi connectivity index (χ4n) is 2.49. The predicted molar refractivity (Wildman–Crippen MR) is 108 cm³/mol. The highest BCUT2D eigenvalue weighted by molar-refractivity contribution is 5.98. The number of carbonyl (C=O) groups excluding carboxylic acids is 3. The molecule has 0 fully saturated rings. The van der Waals surface area contributed by atoms with Crippen molar-refractivity contribution in [1.82, 2.24) is 15.8 Å².